The fraction of sp³-hybridized carbons (Fsp3) is 0. The molecule has 0 saturated heterocycles. The van der Waals surface area contributed by atoms with Crippen LogP contribution >= 0.6 is 0 Å². The molecule has 0 radical (unpaired) electrons. The molecule has 0 heterocycles. The van der Waals surface area contributed by atoms with Crippen molar-refractivity contribution in [3.05, 3.63) is 72.8 Å². The Morgan fingerprint density at radius 3 is 2.18 bits per heavy atom. The van der Waals surface area contributed by atoms with E-state index in [1.54, 1.807) is 18.2 Å². The highest BCUT2D eigenvalue weighted by Gasteiger charge is 2.10. The SMILES string of the molecule is Oc1ccc2cccc(-c3ccc(O)c4ccccc34)c2c1. The lowest BCUT2D eigenvalue weighted by Crippen LogP contribution is -1.84. The minimum atomic E-state index is 0.253. The number of hydrogen-bond donors (Lipinski definition) is 2. The van der Waals surface area contributed by atoms with E-state index in [2.05, 4.69) is 0 Å². The highest BCUT2D eigenvalue weighted by Crippen LogP contribution is 2.37. The third kappa shape index (κ3) is 1.89. The van der Waals surface area contributed by atoms with Crippen LogP contribution in [0.3, 0.4) is 0 Å². The minimum absolute atomic E-state index is 0.253. The first-order chi connectivity index (χ1) is 10.7. The smallest absolute Gasteiger partial charge is 0.123 e. The summed E-state index contributed by atoms with van der Waals surface area (Å²) in [5, 5.41) is 23.8. The lowest BCUT2D eigenvalue weighted by atomic mass is 9.93. The van der Waals surface area contributed by atoms with Crippen molar-refractivity contribution in [3.8, 4) is 22.6 Å². The molecule has 2 nitrogen and oxygen atoms in total. The summed E-state index contributed by atoms with van der Waals surface area (Å²) in [5.74, 6) is 0.533. The lowest BCUT2D eigenvalue weighted by molar-refractivity contribution is 0.476. The number of aromatic hydroxyl groups is 2. The molecule has 2 N–H and O–H groups in total. The largest absolute Gasteiger partial charge is 0.508 e. The average Bonchev–Trinajstić information content (AvgIpc) is 2.55. The molecule has 0 fully saturated rings. The molecule has 0 unspecified atom stereocenters. The Labute approximate surface area is 127 Å². The van der Waals surface area contributed by atoms with Crippen molar-refractivity contribution in [1.82, 2.24) is 0 Å². The quantitative estimate of drug-likeness (QED) is 0.513. The number of fused-ring (bicyclic) bond motifs is 2. The second-order valence-corrected chi connectivity index (χ2v) is 5.39. The molecule has 2 heteroatoms. The van der Waals surface area contributed by atoms with Crippen molar-refractivity contribution < 1.29 is 10.2 Å². The summed E-state index contributed by atoms with van der Waals surface area (Å²) < 4.78 is 0. The van der Waals surface area contributed by atoms with E-state index in [9.17, 15) is 10.2 Å². The summed E-state index contributed by atoms with van der Waals surface area (Å²) in [7, 11) is 0. The molecular formula is C20H14O2. The normalized spacial score (nSPS) is 11.1. The summed E-state index contributed by atoms with van der Waals surface area (Å²) >= 11 is 0. The van der Waals surface area contributed by atoms with Crippen LogP contribution in [-0.2, 0) is 0 Å². The van der Waals surface area contributed by atoms with Gasteiger partial charge in [-0.15, -0.1) is 0 Å². The zero-order valence-electron chi connectivity index (χ0n) is 11.8. The Kier molecular flexibility index (Phi) is 2.76. The maximum atomic E-state index is 10.1. The van der Waals surface area contributed by atoms with Gasteiger partial charge in [-0.1, -0.05) is 54.6 Å². The van der Waals surface area contributed by atoms with Crippen molar-refractivity contribution in [2.45, 2.75) is 0 Å². The van der Waals surface area contributed by atoms with Crippen molar-refractivity contribution in [3.63, 3.8) is 0 Å². The van der Waals surface area contributed by atoms with Crippen molar-refractivity contribution in [2.75, 3.05) is 0 Å². The van der Waals surface area contributed by atoms with Crippen LogP contribution in [0.1, 0.15) is 0 Å². The summed E-state index contributed by atoms with van der Waals surface area (Å²) in [6.45, 7) is 0. The molecule has 106 valence electrons. The standard InChI is InChI=1S/C20H14O2/c21-14-9-8-13-4-3-7-16(19(13)12-14)17-10-11-20(22)18-6-2-1-5-15(17)18/h1-12,21-22H. The number of phenols is 2. The summed E-state index contributed by atoms with van der Waals surface area (Å²) in [4.78, 5) is 0. The minimum Gasteiger partial charge on any atom is -0.508 e. The van der Waals surface area contributed by atoms with Gasteiger partial charge in [-0.2, -0.15) is 0 Å². The maximum absolute atomic E-state index is 10.1. The van der Waals surface area contributed by atoms with Crippen LogP contribution in [0.25, 0.3) is 32.7 Å². The van der Waals surface area contributed by atoms with E-state index in [1.165, 1.54) is 0 Å². The molecule has 0 spiro atoms. The van der Waals surface area contributed by atoms with Gasteiger partial charge in [0.15, 0.2) is 0 Å². The van der Waals surface area contributed by atoms with E-state index in [-0.39, 0.29) is 11.5 Å². The van der Waals surface area contributed by atoms with Gasteiger partial charge in [0.2, 0.25) is 0 Å². The summed E-state index contributed by atoms with van der Waals surface area (Å²) in [5.41, 5.74) is 2.09. The fourth-order valence-electron chi connectivity index (χ4n) is 3.01. The molecule has 22 heavy (non-hydrogen) atoms. The average molecular weight is 286 g/mol. The third-order valence-electron chi connectivity index (χ3n) is 4.06. The van der Waals surface area contributed by atoms with E-state index in [0.29, 0.717) is 0 Å². The summed E-state index contributed by atoms with van der Waals surface area (Å²) in [6, 6.07) is 22.9. The van der Waals surface area contributed by atoms with Crippen LogP contribution in [0.4, 0.5) is 0 Å². The van der Waals surface area contributed by atoms with E-state index >= 15 is 0 Å². The van der Waals surface area contributed by atoms with Gasteiger partial charge in [0.1, 0.15) is 11.5 Å². The van der Waals surface area contributed by atoms with Crippen molar-refractivity contribution in [2.24, 2.45) is 0 Å². The highest BCUT2D eigenvalue weighted by molar-refractivity contribution is 6.07. The number of benzene rings is 4. The molecule has 0 aliphatic heterocycles. The van der Waals surface area contributed by atoms with Gasteiger partial charge < -0.3 is 10.2 Å². The van der Waals surface area contributed by atoms with Crippen LogP contribution in [-0.4, -0.2) is 10.2 Å². The maximum Gasteiger partial charge on any atom is 0.123 e. The Balaban J connectivity index is 2.12. The van der Waals surface area contributed by atoms with Crippen LogP contribution in [0.2, 0.25) is 0 Å². The topological polar surface area (TPSA) is 40.5 Å². The lowest BCUT2D eigenvalue weighted by Gasteiger charge is -2.11. The van der Waals surface area contributed by atoms with Crippen molar-refractivity contribution in [1.29, 1.82) is 0 Å². The van der Waals surface area contributed by atoms with E-state index in [0.717, 1.165) is 32.7 Å². The van der Waals surface area contributed by atoms with E-state index < -0.39 is 0 Å². The van der Waals surface area contributed by atoms with Crippen LogP contribution < -0.4 is 0 Å². The molecule has 0 amide bonds. The van der Waals surface area contributed by atoms with E-state index in [4.69, 9.17) is 0 Å². The van der Waals surface area contributed by atoms with Gasteiger partial charge in [-0.25, -0.2) is 0 Å². The Morgan fingerprint density at radius 1 is 0.545 bits per heavy atom. The molecule has 0 saturated carbocycles. The van der Waals surface area contributed by atoms with Crippen LogP contribution in [0, 0.1) is 0 Å². The van der Waals surface area contributed by atoms with Crippen molar-refractivity contribution >= 4 is 21.5 Å². The van der Waals surface area contributed by atoms with Gasteiger partial charge in [0.05, 0.1) is 0 Å². The third-order valence-corrected chi connectivity index (χ3v) is 4.06. The molecule has 4 rings (SSSR count). The first kappa shape index (κ1) is 12.7. The van der Waals surface area contributed by atoms with Gasteiger partial charge >= 0.3 is 0 Å². The van der Waals surface area contributed by atoms with Gasteiger partial charge in [0, 0.05) is 5.39 Å². The summed E-state index contributed by atoms with van der Waals surface area (Å²) in [6.07, 6.45) is 0. The molecule has 0 bridgehead atoms. The predicted molar refractivity (Wildman–Crippen MR) is 90.2 cm³/mol. The number of phenolic OH excluding ortho intramolecular Hbond substituents is 2. The van der Waals surface area contributed by atoms with Crippen LogP contribution in [0.5, 0.6) is 11.5 Å². The molecule has 0 aliphatic rings. The molecule has 0 aliphatic carbocycles. The highest BCUT2D eigenvalue weighted by atomic mass is 16.3. The fourth-order valence-corrected chi connectivity index (χ4v) is 3.01. The molecule has 4 aromatic rings. The molecule has 4 aromatic carbocycles. The monoisotopic (exact) mass is 286 g/mol. The zero-order chi connectivity index (χ0) is 15.1. The van der Waals surface area contributed by atoms with Gasteiger partial charge in [-0.05, 0) is 45.5 Å². The predicted octanol–water partition coefficient (Wildman–Crippen LogP) is 5.07. The molecular weight excluding hydrogens is 272 g/mol. The Hall–Kier alpha value is -3.00. The first-order valence-electron chi connectivity index (χ1n) is 7.17. The Bertz CT molecular complexity index is 999. The van der Waals surface area contributed by atoms with E-state index in [1.807, 2.05) is 54.6 Å². The van der Waals surface area contributed by atoms with Gasteiger partial charge in [0.25, 0.3) is 0 Å². The number of rotatable bonds is 1. The first-order valence-corrected chi connectivity index (χ1v) is 7.17. The molecule has 0 aromatic heterocycles. The second kappa shape index (κ2) is 4.78. The Morgan fingerprint density at radius 2 is 1.32 bits per heavy atom. The molecule has 0 atom stereocenters. The van der Waals surface area contributed by atoms with Gasteiger partial charge in [-0.3, -0.25) is 0 Å². The van der Waals surface area contributed by atoms with Crippen LogP contribution in [0.15, 0.2) is 72.8 Å². The zero-order valence-corrected chi connectivity index (χ0v) is 11.8. The second-order valence-electron chi connectivity index (χ2n) is 5.39. The number of hydrogen-bond acceptors (Lipinski definition) is 2.